The van der Waals surface area contributed by atoms with Crippen LogP contribution in [0.2, 0.25) is 0 Å². The van der Waals surface area contributed by atoms with Crippen LogP contribution < -0.4 is 5.32 Å². The quantitative estimate of drug-likeness (QED) is 0.589. The molecule has 3 rings (SSSR count). The fourth-order valence-corrected chi connectivity index (χ4v) is 3.06. The van der Waals surface area contributed by atoms with E-state index in [9.17, 15) is 9.59 Å². The number of Topliss-reactive ketones (excluding diaryl/α,β-unsaturated/α-hetero) is 1. The first kappa shape index (κ1) is 14.4. The largest absolute Gasteiger partial charge is 0.326 e. The number of carbonyl (C=O) groups is 2. The molecule has 0 fully saturated rings. The van der Waals surface area contributed by atoms with Gasteiger partial charge in [-0.1, -0.05) is 30.3 Å². The molecule has 0 aliphatic carbocycles. The molecule has 0 saturated heterocycles. The van der Waals surface area contributed by atoms with Crippen LogP contribution in [0.4, 0.5) is 5.69 Å². The normalized spacial score (nSPS) is 10.6. The summed E-state index contributed by atoms with van der Waals surface area (Å²) in [6.45, 7) is 1.95. The highest BCUT2D eigenvalue weighted by Gasteiger charge is 2.12. The van der Waals surface area contributed by atoms with Crippen molar-refractivity contribution in [3.05, 3.63) is 59.1 Å². The number of hydrogen-bond acceptors (Lipinski definition) is 4. The number of fused-ring (bicyclic) bond motifs is 1. The van der Waals surface area contributed by atoms with E-state index in [2.05, 4.69) is 10.3 Å². The van der Waals surface area contributed by atoms with Crippen molar-refractivity contribution in [1.29, 1.82) is 0 Å². The second-order valence-electron chi connectivity index (χ2n) is 4.93. The van der Waals surface area contributed by atoms with Crippen LogP contribution in [0.15, 0.2) is 48.5 Å². The van der Waals surface area contributed by atoms with Crippen molar-refractivity contribution in [2.24, 2.45) is 0 Å². The van der Waals surface area contributed by atoms with Crippen molar-refractivity contribution in [3.63, 3.8) is 0 Å². The van der Waals surface area contributed by atoms with Gasteiger partial charge in [0.2, 0.25) is 5.91 Å². The molecule has 0 atom stereocenters. The van der Waals surface area contributed by atoms with Crippen LogP contribution in [0.1, 0.15) is 21.8 Å². The van der Waals surface area contributed by atoms with E-state index in [1.807, 2.05) is 25.1 Å². The zero-order chi connectivity index (χ0) is 15.5. The minimum Gasteiger partial charge on any atom is -0.326 e. The van der Waals surface area contributed by atoms with Crippen molar-refractivity contribution >= 4 is 38.9 Å². The summed E-state index contributed by atoms with van der Waals surface area (Å²) in [4.78, 5) is 28.4. The highest BCUT2D eigenvalue weighted by molar-refractivity contribution is 7.18. The second kappa shape index (κ2) is 6.07. The third-order valence-corrected chi connectivity index (χ3v) is 4.13. The van der Waals surface area contributed by atoms with E-state index < -0.39 is 0 Å². The maximum Gasteiger partial charge on any atom is 0.232 e. The topological polar surface area (TPSA) is 59.1 Å². The number of hydrogen-bond donors (Lipinski definition) is 1. The van der Waals surface area contributed by atoms with Gasteiger partial charge in [0.25, 0.3) is 0 Å². The second-order valence-corrected chi connectivity index (χ2v) is 6.16. The lowest BCUT2D eigenvalue weighted by Gasteiger charge is -2.05. The summed E-state index contributed by atoms with van der Waals surface area (Å²) in [7, 11) is 0. The summed E-state index contributed by atoms with van der Waals surface area (Å²) >= 11 is 1.57. The van der Waals surface area contributed by atoms with Gasteiger partial charge in [0.1, 0.15) is 0 Å². The van der Waals surface area contributed by atoms with Gasteiger partial charge in [-0.25, -0.2) is 4.98 Å². The van der Waals surface area contributed by atoms with Crippen LogP contribution in [0.3, 0.4) is 0 Å². The molecule has 1 heterocycles. The van der Waals surface area contributed by atoms with Crippen molar-refractivity contribution in [2.45, 2.75) is 13.3 Å². The number of nitrogens with zero attached hydrogens (tertiary/aromatic N) is 1. The van der Waals surface area contributed by atoms with Gasteiger partial charge in [0.05, 0.1) is 21.6 Å². The summed E-state index contributed by atoms with van der Waals surface area (Å²) in [5, 5.41) is 3.75. The Morgan fingerprint density at radius 1 is 1.14 bits per heavy atom. The summed E-state index contributed by atoms with van der Waals surface area (Å²) in [6.07, 6.45) is -0.163. The van der Waals surface area contributed by atoms with Crippen molar-refractivity contribution in [1.82, 2.24) is 4.98 Å². The molecular formula is C17H14N2O2S. The molecule has 1 N–H and O–H groups in total. The number of anilines is 1. The van der Waals surface area contributed by atoms with Gasteiger partial charge in [-0.3, -0.25) is 9.59 Å². The van der Waals surface area contributed by atoms with Crippen molar-refractivity contribution in [2.75, 3.05) is 5.32 Å². The molecule has 5 heteroatoms. The SMILES string of the molecule is Cc1nc2ccc(NC(=O)CC(=O)c3ccccc3)cc2s1. The number of carbonyl (C=O) groups excluding carboxylic acids is 2. The van der Waals surface area contributed by atoms with E-state index in [1.54, 1.807) is 41.7 Å². The molecule has 0 spiro atoms. The molecule has 1 amide bonds. The van der Waals surface area contributed by atoms with Crippen LogP contribution in [-0.2, 0) is 4.79 Å². The highest BCUT2D eigenvalue weighted by atomic mass is 32.1. The molecule has 2 aromatic carbocycles. The zero-order valence-corrected chi connectivity index (χ0v) is 12.8. The van der Waals surface area contributed by atoms with Crippen LogP contribution in [0.25, 0.3) is 10.2 Å². The van der Waals surface area contributed by atoms with E-state index in [-0.39, 0.29) is 18.1 Å². The van der Waals surface area contributed by atoms with Gasteiger partial charge in [0.15, 0.2) is 5.78 Å². The summed E-state index contributed by atoms with van der Waals surface area (Å²) in [5.74, 6) is -0.498. The van der Waals surface area contributed by atoms with E-state index >= 15 is 0 Å². The number of rotatable bonds is 4. The fraction of sp³-hybridized carbons (Fsp3) is 0.118. The van der Waals surface area contributed by atoms with E-state index in [4.69, 9.17) is 0 Å². The van der Waals surface area contributed by atoms with E-state index in [0.717, 1.165) is 15.2 Å². The van der Waals surface area contributed by atoms with E-state index in [1.165, 1.54) is 0 Å². The van der Waals surface area contributed by atoms with Gasteiger partial charge >= 0.3 is 0 Å². The number of thiazole rings is 1. The average molecular weight is 310 g/mol. The molecule has 0 radical (unpaired) electrons. The molecule has 110 valence electrons. The Balaban J connectivity index is 1.69. The van der Waals surface area contributed by atoms with E-state index in [0.29, 0.717) is 11.3 Å². The van der Waals surface area contributed by atoms with Gasteiger partial charge in [-0.15, -0.1) is 11.3 Å². The van der Waals surface area contributed by atoms with Crippen LogP contribution in [-0.4, -0.2) is 16.7 Å². The molecular weight excluding hydrogens is 296 g/mol. The van der Waals surface area contributed by atoms with Crippen molar-refractivity contribution < 1.29 is 9.59 Å². The molecule has 0 bridgehead atoms. The number of aromatic nitrogens is 1. The minimum atomic E-state index is -0.311. The van der Waals surface area contributed by atoms with Crippen LogP contribution >= 0.6 is 11.3 Å². The highest BCUT2D eigenvalue weighted by Crippen LogP contribution is 2.24. The van der Waals surface area contributed by atoms with Gasteiger partial charge < -0.3 is 5.32 Å². The third kappa shape index (κ3) is 3.20. The maximum absolute atomic E-state index is 12.0. The first-order valence-electron chi connectivity index (χ1n) is 6.87. The smallest absolute Gasteiger partial charge is 0.232 e. The van der Waals surface area contributed by atoms with Crippen LogP contribution in [0.5, 0.6) is 0 Å². The minimum absolute atomic E-state index is 0.163. The lowest BCUT2D eigenvalue weighted by molar-refractivity contribution is -0.115. The Morgan fingerprint density at radius 3 is 2.68 bits per heavy atom. The Bertz CT molecular complexity index is 840. The molecule has 0 aliphatic rings. The molecule has 0 saturated carbocycles. The number of nitrogens with one attached hydrogen (secondary N) is 1. The predicted molar refractivity (Wildman–Crippen MR) is 88.4 cm³/mol. The monoisotopic (exact) mass is 310 g/mol. The summed E-state index contributed by atoms with van der Waals surface area (Å²) in [5.41, 5.74) is 2.15. The fourth-order valence-electron chi connectivity index (χ4n) is 2.19. The molecule has 0 aliphatic heterocycles. The molecule has 4 nitrogen and oxygen atoms in total. The Hall–Kier alpha value is -2.53. The molecule has 3 aromatic rings. The van der Waals surface area contributed by atoms with Gasteiger partial charge in [-0.05, 0) is 25.1 Å². The summed E-state index contributed by atoms with van der Waals surface area (Å²) in [6, 6.07) is 14.4. The zero-order valence-electron chi connectivity index (χ0n) is 12.0. The van der Waals surface area contributed by atoms with Crippen LogP contribution in [0, 0.1) is 6.92 Å². The summed E-state index contributed by atoms with van der Waals surface area (Å²) < 4.78 is 1.02. The Kier molecular flexibility index (Phi) is 3.98. The molecule has 1 aromatic heterocycles. The first-order chi connectivity index (χ1) is 10.6. The standard InChI is InChI=1S/C17H14N2O2S/c1-11-18-14-8-7-13(9-16(14)22-11)19-17(21)10-15(20)12-5-3-2-4-6-12/h2-9H,10H2,1H3,(H,19,21). The first-order valence-corrected chi connectivity index (χ1v) is 7.69. The van der Waals surface area contributed by atoms with Gasteiger partial charge in [-0.2, -0.15) is 0 Å². The number of aryl methyl sites for hydroxylation is 1. The average Bonchev–Trinajstić information content (AvgIpc) is 2.87. The lowest BCUT2D eigenvalue weighted by atomic mass is 10.1. The Morgan fingerprint density at radius 2 is 1.91 bits per heavy atom. The maximum atomic E-state index is 12.0. The molecule has 22 heavy (non-hydrogen) atoms. The third-order valence-electron chi connectivity index (χ3n) is 3.20. The van der Waals surface area contributed by atoms with Gasteiger partial charge in [0, 0.05) is 11.3 Å². The lowest BCUT2D eigenvalue weighted by Crippen LogP contribution is -2.16. The number of benzene rings is 2. The predicted octanol–water partition coefficient (Wildman–Crippen LogP) is 3.82. The molecule has 0 unspecified atom stereocenters. The Labute approximate surface area is 131 Å². The van der Waals surface area contributed by atoms with Crippen molar-refractivity contribution in [3.8, 4) is 0 Å². The number of amides is 1. The number of ketones is 1.